The van der Waals surface area contributed by atoms with Crippen molar-refractivity contribution >= 4 is 27.3 Å². The molecule has 0 aliphatic carbocycles. The standard InChI is InChI=1S/C20H20ClN3O2S/c21-17-11-13-19(14-12-17)27(25,26)22-15-20(16-7-3-1-4-8-16)24-23-18-9-5-2-6-10-18/h1-14,20,22-24H,15H2. The number of benzene rings is 3. The number of hydrogen-bond donors (Lipinski definition) is 3. The van der Waals surface area contributed by atoms with Crippen LogP contribution in [0.25, 0.3) is 0 Å². The van der Waals surface area contributed by atoms with Crippen LogP contribution in [-0.2, 0) is 10.0 Å². The van der Waals surface area contributed by atoms with E-state index in [-0.39, 0.29) is 17.5 Å². The Morgan fingerprint density at radius 2 is 1.41 bits per heavy atom. The molecule has 27 heavy (non-hydrogen) atoms. The van der Waals surface area contributed by atoms with Crippen molar-refractivity contribution in [3.63, 3.8) is 0 Å². The molecule has 0 saturated carbocycles. The molecule has 0 aliphatic rings. The quantitative estimate of drug-likeness (QED) is 0.499. The van der Waals surface area contributed by atoms with Crippen LogP contribution >= 0.6 is 11.6 Å². The lowest BCUT2D eigenvalue weighted by Gasteiger charge is -2.21. The predicted octanol–water partition coefficient (Wildman–Crippen LogP) is 3.98. The summed E-state index contributed by atoms with van der Waals surface area (Å²) in [6.45, 7) is 0.175. The maximum absolute atomic E-state index is 12.6. The SMILES string of the molecule is O=S(=O)(NCC(NNc1ccccc1)c1ccccc1)c1ccc(Cl)cc1. The Morgan fingerprint density at radius 3 is 2.04 bits per heavy atom. The van der Waals surface area contributed by atoms with Crippen LogP contribution in [0.3, 0.4) is 0 Å². The monoisotopic (exact) mass is 401 g/mol. The zero-order valence-corrected chi connectivity index (χ0v) is 16.0. The molecule has 0 saturated heterocycles. The molecular formula is C20H20ClN3O2S. The third kappa shape index (κ3) is 5.55. The van der Waals surface area contributed by atoms with Crippen molar-refractivity contribution < 1.29 is 8.42 Å². The first-order valence-electron chi connectivity index (χ1n) is 8.41. The Hall–Kier alpha value is -2.38. The van der Waals surface area contributed by atoms with Gasteiger partial charge in [-0.2, -0.15) is 0 Å². The van der Waals surface area contributed by atoms with E-state index in [1.807, 2.05) is 60.7 Å². The first-order chi connectivity index (χ1) is 13.0. The minimum absolute atomic E-state index is 0.175. The maximum Gasteiger partial charge on any atom is 0.240 e. The Labute approximate surface area is 164 Å². The van der Waals surface area contributed by atoms with Crippen LogP contribution in [0.5, 0.6) is 0 Å². The van der Waals surface area contributed by atoms with Gasteiger partial charge >= 0.3 is 0 Å². The molecule has 0 heterocycles. The first kappa shape index (κ1) is 19.4. The zero-order chi connectivity index (χ0) is 19.1. The number of rotatable bonds is 8. The van der Waals surface area contributed by atoms with Gasteiger partial charge in [-0.15, -0.1) is 0 Å². The lowest BCUT2D eigenvalue weighted by molar-refractivity contribution is 0.545. The Bertz CT molecular complexity index is 950. The molecule has 1 unspecified atom stereocenters. The van der Waals surface area contributed by atoms with Crippen LogP contribution in [0.4, 0.5) is 5.69 Å². The number of para-hydroxylation sites is 1. The molecule has 7 heteroatoms. The average Bonchev–Trinajstić information content (AvgIpc) is 2.70. The van der Waals surface area contributed by atoms with E-state index >= 15 is 0 Å². The van der Waals surface area contributed by atoms with E-state index in [0.717, 1.165) is 11.3 Å². The highest BCUT2D eigenvalue weighted by atomic mass is 35.5. The summed E-state index contributed by atoms with van der Waals surface area (Å²) < 4.78 is 27.8. The molecule has 0 aliphatic heterocycles. The van der Waals surface area contributed by atoms with Gasteiger partial charge in [-0.1, -0.05) is 60.1 Å². The lowest BCUT2D eigenvalue weighted by Crippen LogP contribution is -2.37. The van der Waals surface area contributed by atoms with Crippen LogP contribution in [0, 0.1) is 0 Å². The first-order valence-corrected chi connectivity index (χ1v) is 10.3. The van der Waals surface area contributed by atoms with Crippen molar-refractivity contribution in [1.82, 2.24) is 10.1 Å². The fraction of sp³-hybridized carbons (Fsp3) is 0.100. The summed E-state index contributed by atoms with van der Waals surface area (Å²) in [5.41, 5.74) is 8.16. The number of hydrogen-bond acceptors (Lipinski definition) is 4. The van der Waals surface area contributed by atoms with Crippen molar-refractivity contribution in [3.8, 4) is 0 Å². The van der Waals surface area contributed by atoms with Crippen LogP contribution in [0.2, 0.25) is 5.02 Å². The van der Waals surface area contributed by atoms with Gasteiger partial charge in [-0.25, -0.2) is 18.6 Å². The third-order valence-corrected chi connectivity index (χ3v) is 5.66. The molecule has 0 aromatic heterocycles. The van der Waals surface area contributed by atoms with Gasteiger partial charge in [0.15, 0.2) is 0 Å². The van der Waals surface area contributed by atoms with E-state index in [9.17, 15) is 8.42 Å². The Kier molecular flexibility index (Phi) is 6.47. The summed E-state index contributed by atoms with van der Waals surface area (Å²) in [5, 5.41) is 0.491. The summed E-state index contributed by atoms with van der Waals surface area (Å²) in [6.07, 6.45) is 0. The average molecular weight is 402 g/mol. The van der Waals surface area contributed by atoms with Gasteiger partial charge in [0, 0.05) is 17.3 Å². The predicted molar refractivity (Wildman–Crippen MR) is 109 cm³/mol. The second-order valence-electron chi connectivity index (χ2n) is 5.90. The van der Waals surface area contributed by atoms with Crippen molar-refractivity contribution in [1.29, 1.82) is 0 Å². The van der Waals surface area contributed by atoms with Gasteiger partial charge in [0.25, 0.3) is 0 Å². The van der Waals surface area contributed by atoms with Crippen molar-refractivity contribution in [2.45, 2.75) is 10.9 Å². The molecule has 5 nitrogen and oxygen atoms in total. The van der Waals surface area contributed by atoms with Crippen LogP contribution < -0.4 is 15.6 Å². The summed E-state index contributed by atoms with van der Waals surface area (Å²) in [6, 6.07) is 25.1. The fourth-order valence-corrected chi connectivity index (χ4v) is 3.69. The van der Waals surface area contributed by atoms with E-state index in [2.05, 4.69) is 15.6 Å². The minimum Gasteiger partial charge on any atom is -0.321 e. The summed E-state index contributed by atoms with van der Waals surface area (Å²) in [4.78, 5) is 0.176. The number of sulfonamides is 1. The largest absolute Gasteiger partial charge is 0.321 e. The molecule has 3 rings (SSSR count). The van der Waals surface area contributed by atoms with E-state index in [1.54, 1.807) is 12.1 Å². The van der Waals surface area contributed by atoms with Gasteiger partial charge < -0.3 is 5.43 Å². The van der Waals surface area contributed by atoms with E-state index in [4.69, 9.17) is 11.6 Å². The van der Waals surface area contributed by atoms with Gasteiger partial charge in [0.05, 0.1) is 10.9 Å². The summed E-state index contributed by atoms with van der Waals surface area (Å²) in [7, 11) is -3.64. The second-order valence-corrected chi connectivity index (χ2v) is 8.11. The van der Waals surface area contributed by atoms with Crippen LogP contribution in [-0.4, -0.2) is 15.0 Å². The van der Waals surface area contributed by atoms with Crippen LogP contribution in [0.1, 0.15) is 11.6 Å². The molecule has 0 bridgehead atoms. The molecule has 3 aromatic carbocycles. The van der Waals surface area contributed by atoms with Crippen molar-refractivity contribution in [2.75, 3.05) is 12.0 Å². The normalized spacial score (nSPS) is 12.5. The maximum atomic E-state index is 12.6. The fourth-order valence-electron chi connectivity index (χ4n) is 2.52. The van der Waals surface area contributed by atoms with E-state index in [1.165, 1.54) is 12.1 Å². The van der Waals surface area contributed by atoms with Gasteiger partial charge in [-0.05, 0) is 42.0 Å². The molecule has 140 valence electrons. The van der Waals surface area contributed by atoms with Gasteiger partial charge in [0.2, 0.25) is 10.0 Å². The van der Waals surface area contributed by atoms with Crippen molar-refractivity contribution in [3.05, 3.63) is 95.5 Å². The second kappa shape index (κ2) is 9.01. The van der Waals surface area contributed by atoms with E-state index in [0.29, 0.717) is 5.02 Å². The van der Waals surface area contributed by atoms with Crippen molar-refractivity contribution in [2.24, 2.45) is 0 Å². The topological polar surface area (TPSA) is 70.2 Å². The molecule has 0 spiro atoms. The van der Waals surface area contributed by atoms with E-state index < -0.39 is 10.0 Å². The molecule has 0 fully saturated rings. The summed E-state index contributed by atoms with van der Waals surface area (Å²) >= 11 is 5.84. The highest BCUT2D eigenvalue weighted by Crippen LogP contribution is 2.16. The lowest BCUT2D eigenvalue weighted by atomic mass is 10.1. The highest BCUT2D eigenvalue weighted by Gasteiger charge is 2.18. The van der Waals surface area contributed by atoms with Crippen LogP contribution in [0.15, 0.2) is 89.8 Å². The molecule has 0 radical (unpaired) electrons. The Balaban J connectivity index is 1.72. The number of nitrogens with one attached hydrogen (secondary N) is 3. The highest BCUT2D eigenvalue weighted by molar-refractivity contribution is 7.89. The molecule has 0 amide bonds. The van der Waals surface area contributed by atoms with Gasteiger partial charge in [0.1, 0.15) is 0 Å². The minimum atomic E-state index is -3.64. The molecule has 3 N–H and O–H groups in total. The Morgan fingerprint density at radius 1 is 0.815 bits per heavy atom. The third-order valence-electron chi connectivity index (χ3n) is 3.97. The van der Waals surface area contributed by atoms with Gasteiger partial charge in [-0.3, -0.25) is 0 Å². The number of halogens is 1. The molecule has 1 atom stereocenters. The number of hydrazine groups is 1. The molecular weight excluding hydrogens is 382 g/mol. The number of anilines is 1. The molecule has 3 aromatic rings. The smallest absolute Gasteiger partial charge is 0.240 e. The summed E-state index contributed by atoms with van der Waals surface area (Å²) in [5.74, 6) is 0. The zero-order valence-electron chi connectivity index (χ0n) is 14.5.